The molecule has 154 valence electrons. The van der Waals surface area contributed by atoms with E-state index in [9.17, 15) is 9.59 Å². The van der Waals surface area contributed by atoms with Crippen LogP contribution >= 0.6 is 0 Å². The number of piperazine rings is 1. The zero-order chi connectivity index (χ0) is 20.6. The molecule has 0 radical (unpaired) electrons. The number of hydrogen-bond donors (Lipinski definition) is 2. The second kappa shape index (κ2) is 10.2. The van der Waals surface area contributed by atoms with Crippen molar-refractivity contribution in [3.63, 3.8) is 0 Å². The lowest BCUT2D eigenvalue weighted by molar-refractivity contribution is -0.138. The molecule has 29 heavy (non-hydrogen) atoms. The van der Waals surface area contributed by atoms with Gasteiger partial charge in [-0.1, -0.05) is 60.7 Å². The van der Waals surface area contributed by atoms with E-state index >= 15 is 0 Å². The first-order valence-electron chi connectivity index (χ1n) is 10.1. The molecular weight excluding hydrogens is 366 g/mol. The van der Waals surface area contributed by atoms with Crippen molar-refractivity contribution in [3.05, 3.63) is 71.8 Å². The van der Waals surface area contributed by atoms with Gasteiger partial charge in [-0.05, 0) is 11.1 Å². The SMILES string of the molecule is CN(CCO)C(=O)CC1C(=O)NCCN1CC(c1ccccc1)c1ccccc1. The summed E-state index contributed by atoms with van der Waals surface area (Å²) in [6, 6.07) is 20.0. The maximum atomic E-state index is 12.6. The van der Waals surface area contributed by atoms with Gasteiger partial charge in [-0.25, -0.2) is 0 Å². The Balaban J connectivity index is 1.82. The van der Waals surface area contributed by atoms with Crippen LogP contribution in [0.5, 0.6) is 0 Å². The first-order valence-corrected chi connectivity index (χ1v) is 10.1. The molecular formula is C23H29N3O3. The molecule has 1 aliphatic heterocycles. The van der Waals surface area contributed by atoms with E-state index in [4.69, 9.17) is 5.11 Å². The van der Waals surface area contributed by atoms with Crippen molar-refractivity contribution in [2.24, 2.45) is 0 Å². The zero-order valence-corrected chi connectivity index (χ0v) is 16.8. The van der Waals surface area contributed by atoms with Gasteiger partial charge in [0.05, 0.1) is 19.1 Å². The Labute approximate surface area is 172 Å². The molecule has 0 aromatic heterocycles. The molecule has 0 bridgehead atoms. The molecule has 0 saturated carbocycles. The molecule has 1 saturated heterocycles. The van der Waals surface area contributed by atoms with Gasteiger partial charge in [0, 0.05) is 39.1 Å². The minimum atomic E-state index is -0.507. The Morgan fingerprint density at radius 1 is 1.14 bits per heavy atom. The van der Waals surface area contributed by atoms with Crippen molar-refractivity contribution in [1.29, 1.82) is 0 Å². The van der Waals surface area contributed by atoms with Crippen LogP contribution in [0.2, 0.25) is 0 Å². The molecule has 1 fully saturated rings. The number of nitrogens with zero attached hydrogens (tertiary/aromatic N) is 2. The average molecular weight is 396 g/mol. The molecule has 2 N–H and O–H groups in total. The Bertz CT molecular complexity index is 758. The van der Waals surface area contributed by atoms with Crippen LogP contribution in [0, 0.1) is 0 Å². The number of benzene rings is 2. The highest BCUT2D eigenvalue weighted by atomic mass is 16.3. The third kappa shape index (κ3) is 5.43. The summed E-state index contributed by atoms with van der Waals surface area (Å²) in [5, 5.41) is 12.0. The van der Waals surface area contributed by atoms with Crippen molar-refractivity contribution in [2.75, 3.05) is 39.8 Å². The van der Waals surface area contributed by atoms with Crippen LogP contribution in [0.25, 0.3) is 0 Å². The molecule has 1 atom stereocenters. The normalized spacial score (nSPS) is 17.2. The van der Waals surface area contributed by atoms with E-state index in [-0.39, 0.29) is 37.3 Å². The second-order valence-electron chi connectivity index (χ2n) is 7.42. The van der Waals surface area contributed by atoms with Crippen molar-refractivity contribution < 1.29 is 14.7 Å². The summed E-state index contributed by atoms with van der Waals surface area (Å²) in [5.74, 6) is -0.139. The van der Waals surface area contributed by atoms with Gasteiger partial charge in [0.15, 0.2) is 0 Å². The van der Waals surface area contributed by atoms with Gasteiger partial charge >= 0.3 is 0 Å². The fraction of sp³-hybridized carbons (Fsp3) is 0.391. The van der Waals surface area contributed by atoms with E-state index in [0.717, 1.165) is 0 Å². The van der Waals surface area contributed by atoms with Gasteiger partial charge in [0.1, 0.15) is 0 Å². The van der Waals surface area contributed by atoms with E-state index < -0.39 is 6.04 Å². The quantitative estimate of drug-likeness (QED) is 0.710. The van der Waals surface area contributed by atoms with Crippen LogP contribution in [0.15, 0.2) is 60.7 Å². The number of nitrogens with one attached hydrogen (secondary N) is 1. The Hall–Kier alpha value is -2.70. The smallest absolute Gasteiger partial charge is 0.237 e. The van der Waals surface area contributed by atoms with Crippen LogP contribution in [0.1, 0.15) is 23.5 Å². The lowest BCUT2D eigenvalue weighted by Crippen LogP contribution is -2.57. The minimum absolute atomic E-state index is 0.0904. The molecule has 2 aromatic rings. The Kier molecular flexibility index (Phi) is 7.38. The van der Waals surface area contributed by atoms with Crippen molar-refractivity contribution in [3.8, 4) is 0 Å². The van der Waals surface area contributed by atoms with Gasteiger partial charge in [0.2, 0.25) is 11.8 Å². The number of likely N-dealkylation sites (N-methyl/N-ethyl adjacent to an activating group) is 1. The van der Waals surface area contributed by atoms with E-state index in [0.29, 0.717) is 19.6 Å². The second-order valence-corrected chi connectivity index (χ2v) is 7.42. The topological polar surface area (TPSA) is 72.9 Å². The summed E-state index contributed by atoms with van der Waals surface area (Å²) >= 11 is 0. The Morgan fingerprint density at radius 2 is 1.72 bits per heavy atom. The summed E-state index contributed by atoms with van der Waals surface area (Å²) in [4.78, 5) is 28.7. The minimum Gasteiger partial charge on any atom is -0.395 e. The summed E-state index contributed by atoms with van der Waals surface area (Å²) in [7, 11) is 1.65. The summed E-state index contributed by atoms with van der Waals surface area (Å²) in [6.07, 6.45) is 0.110. The maximum absolute atomic E-state index is 12.6. The van der Waals surface area contributed by atoms with Crippen LogP contribution in [-0.4, -0.2) is 72.6 Å². The number of rotatable bonds is 8. The van der Waals surface area contributed by atoms with Crippen LogP contribution in [0.4, 0.5) is 0 Å². The molecule has 3 rings (SSSR count). The number of amides is 2. The highest BCUT2D eigenvalue weighted by molar-refractivity contribution is 5.88. The molecule has 0 aliphatic carbocycles. The van der Waals surface area contributed by atoms with Crippen LogP contribution in [0.3, 0.4) is 0 Å². The highest BCUT2D eigenvalue weighted by Gasteiger charge is 2.34. The summed E-state index contributed by atoms with van der Waals surface area (Å²) < 4.78 is 0. The molecule has 2 amide bonds. The van der Waals surface area contributed by atoms with Crippen molar-refractivity contribution >= 4 is 11.8 Å². The largest absolute Gasteiger partial charge is 0.395 e. The number of aliphatic hydroxyl groups is 1. The number of carbonyl (C=O) groups excluding carboxylic acids is 2. The van der Waals surface area contributed by atoms with Crippen molar-refractivity contribution in [2.45, 2.75) is 18.4 Å². The van der Waals surface area contributed by atoms with Gasteiger partial charge in [-0.3, -0.25) is 14.5 Å². The van der Waals surface area contributed by atoms with Crippen LogP contribution in [-0.2, 0) is 9.59 Å². The highest BCUT2D eigenvalue weighted by Crippen LogP contribution is 2.27. The van der Waals surface area contributed by atoms with Gasteiger partial charge in [-0.15, -0.1) is 0 Å². The third-order valence-corrected chi connectivity index (χ3v) is 5.49. The molecule has 2 aromatic carbocycles. The molecule has 1 heterocycles. The van der Waals surface area contributed by atoms with Crippen molar-refractivity contribution in [1.82, 2.24) is 15.1 Å². The van der Waals surface area contributed by atoms with Gasteiger partial charge < -0.3 is 15.3 Å². The van der Waals surface area contributed by atoms with E-state index in [1.165, 1.54) is 16.0 Å². The third-order valence-electron chi connectivity index (χ3n) is 5.49. The fourth-order valence-electron chi connectivity index (χ4n) is 3.81. The predicted octanol–water partition coefficient (Wildman–Crippen LogP) is 1.46. The van der Waals surface area contributed by atoms with Crippen LogP contribution < -0.4 is 5.32 Å². The van der Waals surface area contributed by atoms with E-state index in [1.54, 1.807) is 7.05 Å². The zero-order valence-electron chi connectivity index (χ0n) is 16.8. The van der Waals surface area contributed by atoms with Gasteiger partial charge in [-0.2, -0.15) is 0 Å². The van der Waals surface area contributed by atoms with Gasteiger partial charge in [0.25, 0.3) is 0 Å². The summed E-state index contributed by atoms with van der Waals surface area (Å²) in [5.41, 5.74) is 2.37. The average Bonchev–Trinajstić information content (AvgIpc) is 2.75. The molecule has 1 aliphatic rings. The molecule has 6 nitrogen and oxygen atoms in total. The van der Waals surface area contributed by atoms with E-state index in [2.05, 4.69) is 34.5 Å². The maximum Gasteiger partial charge on any atom is 0.237 e. The standard InChI is InChI=1S/C23H29N3O3/c1-25(14-15-27)22(28)16-21-23(29)24-12-13-26(21)17-20(18-8-4-2-5-9-18)19-10-6-3-7-11-19/h2-11,20-21,27H,12-17H2,1H3,(H,24,29). The Morgan fingerprint density at radius 3 is 2.28 bits per heavy atom. The lowest BCUT2D eigenvalue weighted by atomic mass is 9.90. The monoisotopic (exact) mass is 395 g/mol. The lowest BCUT2D eigenvalue weighted by Gasteiger charge is -2.37. The molecule has 0 spiro atoms. The number of carbonyl (C=O) groups is 2. The number of aliphatic hydroxyl groups excluding tert-OH is 1. The fourth-order valence-corrected chi connectivity index (χ4v) is 3.81. The molecule has 6 heteroatoms. The predicted molar refractivity (Wildman–Crippen MR) is 112 cm³/mol. The first-order chi connectivity index (χ1) is 14.1. The van der Waals surface area contributed by atoms with E-state index in [1.807, 2.05) is 36.4 Å². The number of hydrogen-bond acceptors (Lipinski definition) is 4. The first kappa shape index (κ1) is 21.0. The molecule has 1 unspecified atom stereocenters. The summed E-state index contributed by atoms with van der Waals surface area (Å²) in [6.45, 7) is 2.11.